The van der Waals surface area contributed by atoms with Crippen molar-refractivity contribution in [1.82, 2.24) is 14.8 Å². The van der Waals surface area contributed by atoms with Crippen LogP contribution in [0.3, 0.4) is 0 Å². The quantitative estimate of drug-likeness (QED) is 0.644. The zero-order valence-electron chi connectivity index (χ0n) is 7.63. The summed E-state index contributed by atoms with van der Waals surface area (Å²) < 4.78 is 1.84. The first-order valence-electron chi connectivity index (χ1n) is 3.92. The predicted molar refractivity (Wildman–Crippen MR) is 44.3 cm³/mol. The molecule has 0 fully saturated rings. The lowest BCUT2D eigenvalue weighted by atomic mass is 9.89. The fourth-order valence-corrected chi connectivity index (χ4v) is 1.07. The SMILES string of the molecule is CCC(C)(C)c1ncnn1C. The Bertz CT molecular complexity index is 237. The zero-order chi connectivity index (χ0) is 8.48. The predicted octanol–water partition coefficient (Wildman–Crippen LogP) is 1.50. The van der Waals surface area contributed by atoms with E-state index in [2.05, 4.69) is 30.9 Å². The van der Waals surface area contributed by atoms with Crippen LogP contribution in [0.2, 0.25) is 0 Å². The molecule has 0 aliphatic rings. The molecule has 0 radical (unpaired) electrons. The number of aromatic nitrogens is 3. The molecular weight excluding hydrogens is 138 g/mol. The summed E-state index contributed by atoms with van der Waals surface area (Å²) in [7, 11) is 1.93. The summed E-state index contributed by atoms with van der Waals surface area (Å²) in [4.78, 5) is 4.21. The molecule has 0 atom stereocenters. The molecule has 0 bridgehead atoms. The van der Waals surface area contributed by atoms with Crippen LogP contribution in [0, 0.1) is 0 Å². The van der Waals surface area contributed by atoms with Gasteiger partial charge in [0.25, 0.3) is 0 Å². The number of hydrogen-bond acceptors (Lipinski definition) is 2. The molecule has 1 heterocycles. The first kappa shape index (κ1) is 8.24. The van der Waals surface area contributed by atoms with Gasteiger partial charge in [-0.05, 0) is 6.42 Å². The normalized spacial score (nSPS) is 12.0. The molecule has 62 valence electrons. The third kappa shape index (κ3) is 1.42. The fraction of sp³-hybridized carbons (Fsp3) is 0.750. The molecule has 0 N–H and O–H groups in total. The van der Waals surface area contributed by atoms with Crippen LogP contribution in [0.1, 0.15) is 33.0 Å². The van der Waals surface area contributed by atoms with Crippen LogP contribution in [-0.4, -0.2) is 14.8 Å². The van der Waals surface area contributed by atoms with E-state index < -0.39 is 0 Å². The third-order valence-electron chi connectivity index (χ3n) is 2.20. The number of aryl methyl sites for hydroxylation is 1. The van der Waals surface area contributed by atoms with Crippen LogP contribution >= 0.6 is 0 Å². The van der Waals surface area contributed by atoms with Gasteiger partial charge < -0.3 is 0 Å². The second kappa shape index (κ2) is 2.64. The molecule has 0 saturated carbocycles. The Morgan fingerprint density at radius 2 is 2.18 bits per heavy atom. The van der Waals surface area contributed by atoms with E-state index in [0.717, 1.165) is 12.2 Å². The van der Waals surface area contributed by atoms with Crippen LogP contribution < -0.4 is 0 Å². The maximum Gasteiger partial charge on any atom is 0.138 e. The van der Waals surface area contributed by atoms with Gasteiger partial charge >= 0.3 is 0 Å². The van der Waals surface area contributed by atoms with Crippen LogP contribution in [0.5, 0.6) is 0 Å². The van der Waals surface area contributed by atoms with E-state index in [1.54, 1.807) is 6.33 Å². The summed E-state index contributed by atoms with van der Waals surface area (Å²) in [6.07, 6.45) is 2.69. The minimum Gasteiger partial charge on any atom is -0.253 e. The first-order chi connectivity index (χ1) is 5.08. The van der Waals surface area contributed by atoms with Crippen LogP contribution in [0.4, 0.5) is 0 Å². The van der Waals surface area contributed by atoms with Gasteiger partial charge in [-0.3, -0.25) is 4.68 Å². The van der Waals surface area contributed by atoms with Gasteiger partial charge in [-0.15, -0.1) is 0 Å². The molecule has 11 heavy (non-hydrogen) atoms. The van der Waals surface area contributed by atoms with E-state index in [1.807, 2.05) is 11.7 Å². The Labute approximate surface area is 67.4 Å². The van der Waals surface area contributed by atoms with Crippen molar-refractivity contribution < 1.29 is 0 Å². The molecule has 0 unspecified atom stereocenters. The Morgan fingerprint density at radius 3 is 2.55 bits per heavy atom. The van der Waals surface area contributed by atoms with Crippen molar-refractivity contribution in [2.45, 2.75) is 32.6 Å². The molecule has 0 aliphatic heterocycles. The molecule has 0 saturated heterocycles. The highest BCUT2D eigenvalue weighted by molar-refractivity contribution is 5.01. The molecule has 1 aromatic rings. The monoisotopic (exact) mass is 153 g/mol. The molecule has 0 aliphatic carbocycles. The van der Waals surface area contributed by atoms with Gasteiger partial charge in [0.15, 0.2) is 0 Å². The summed E-state index contributed by atoms with van der Waals surface area (Å²) in [6, 6.07) is 0. The minimum atomic E-state index is 0.144. The van der Waals surface area contributed by atoms with Crippen molar-refractivity contribution in [3.05, 3.63) is 12.2 Å². The highest BCUT2D eigenvalue weighted by Gasteiger charge is 2.22. The smallest absolute Gasteiger partial charge is 0.138 e. The fourth-order valence-electron chi connectivity index (χ4n) is 1.07. The summed E-state index contributed by atoms with van der Waals surface area (Å²) in [5.74, 6) is 1.06. The Hall–Kier alpha value is -0.860. The molecule has 0 aromatic carbocycles. The van der Waals surface area contributed by atoms with E-state index in [9.17, 15) is 0 Å². The van der Waals surface area contributed by atoms with Gasteiger partial charge in [-0.1, -0.05) is 20.8 Å². The lowest BCUT2D eigenvalue weighted by molar-refractivity contribution is 0.447. The molecule has 0 spiro atoms. The lowest BCUT2D eigenvalue weighted by Crippen LogP contribution is -2.21. The molecule has 1 aromatic heterocycles. The van der Waals surface area contributed by atoms with Gasteiger partial charge in [-0.25, -0.2) is 4.98 Å². The van der Waals surface area contributed by atoms with Crippen molar-refractivity contribution in [3.63, 3.8) is 0 Å². The van der Waals surface area contributed by atoms with Gasteiger partial charge in [-0.2, -0.15) is 5.10 Å². The van der Waals surface area contributed by atoms with E-state index in [0.29, 0.717) is 0 Å². The Morgan fingerprint density at radius 1 is 1.55 bits per heavy atom. The first-order valence-corrected chi connectivity index (χ1v) is 3.92. The Kier molecular flexibility index (Phi) is 1.98. The van der Waals surface area contributed by atoms with E-state index in [1.165, 1.54) is 0 Å². The molecule has 0 amide bonds. The number of hydrogen-bond donors (Lipinski definition) is 0. The number of rotatable bonds is 2. The Balaban J connectivity index is 3.00. The topological polar surface area (TPSA) is 30.7 Å². The van der Waals surface area contributed by atoms with Gasteiger partial charge in [0.1, 0.15) is 12.2 Å². The van der Waals surface area contributed by atoms with Crippen LogP contribution in [0.15, 0.2) is 6.33 Å². The largest absolute Gasteiger partial charge is 0.253 e. The second-order valence-electron chi connectivity index (χ2n) is 3.44. The maximum atomic E-state index is 4.21. The average molecular weight is 153 g/mol. The number of nitrogens with zero attached hydrogens (tertiary/aromatic N) is 3. The lowest BCUT2D eigenvalue weighted by Gasteiger charge is -2.20. The summed E-state index contributed by atoms with van der Waals surface area (Å²) in [5.41, 5.74) is 0.144. The van der Waals surface area contributed by atoms with Crippen molar-refractivity contribution in [3.8, 4) is 0 Å². The molecule has 3 heteroatoms. The summed E-state index contributed by atoms with van der Waals surface area (Å²) in [5, 5.41) is 4.04. The maximum absolute atomic E-state index is 4.21. The highest BCUT2D eigenvalue weighted by atomic mass is 15.3. The van der Waals surface area contributed by atoms with Crippen molar-refractivity contribution in [1.29, 1.82) is 0 Å². The van der Waals surface area contributed by atoms with Crippen LogP contribution in [0.25, 0.3) is 0 Å². The third-order valence-corrected chi connectivity index (χ3v) is 2.20. The summed E-state index contributed by atoms with van der Waals surface area (Å²) in [6.45, 7) is 6.52. The molecular formula is C8H15N3. The minimum absolute atomic E-state index is 0.144. The molecule has 3 nitrogen and oxygen atoms in total. The van der Waals surface area contributed by atoms with Crippen LogP contribution in [-0.2, 0) is 12.5 Å². The second-order valence-corrected chi connectivity index (χ2v) is 3.44. The van der Waals surface area contributed by atoms with Gasteiger partial charge in [0.2, 0.25) is 0 Å². The van der Waals surface area contributed by atoms with Gasteiger partial charge in [0, 0.05) is 12.5 Å². The zero-order valence-corrected chi connectivity index (χ0v) is 7.63. The van der Waals surface area contributed by atoms with E-state index in [-0.39, 0.29) is 5.41 Å². The van der Waals surface area contributed by atoms with E-state index in [4.69, 9.17) is 0 Å². The standard InChI is InChI=1S/C8H15N3/c1-5-8(2,3)7-9-6-10-11(7)4/h6H,5H2,1-4H3. The average Bonchev–Trinajstić information content (AvgIpc) is 2.36. The summed E-state index contributed by atoms with van der Waals surface area (Å²) >= 11 is 0. The molecule has 1 rings (SSSR count). The van der Waals surface area contributed by atoms with Crippen molar-refractivity contribution in [2.24, 2.45) is 7.05 Å². The van der Waals surface area contributed by atoms with E-state index >= 15 is 0 Å². The van der Waals surface area contributed by atoms with Gasteiger partial charge in [0.05, 0.1) is 0 Å². The highest BCUT2D eigenvalue weighted by Crippen LogP contribution is 2.23. The van der Waals surface area contributed by atoms with Crippen molar-refractivity contribution >= 4 is 0 Å². The van der Waals surface area contributed by atoms with Crippen molar-refractivity contribution in [2.75, 3.05) is 0 Å².